The summed E-state index contributed by atoms with van der Waals surface area (Å²) in [6.45, 7) is 2.25. The van der Waals surface area contributed by atoms with Crippen molar-refractivity contribution in [2.75, 3.05) is 12.9 Å². The van der Waals surface area contributed by atoms with E-state index in [2.05, 4.69) is 47.1 Å². The first kappa shape index (κ1) is 24.5. The number of carbonyl (C=O) groups is 1. The number of aliphatic hydroxyl groups excluding tert-OH is 1. The summed E-state index contributed by atoms with van der Waals surface area (Å²) in [5, 5.41) is 19.8. The van der Waals surface area contributed by atoms with E-state index in [0.29, 0.717) is 23.5 Å². The molecule has 30 heavy (non-hydrogen) atoms. The number of nitrogens with one attached hydrogen (secondary N) is 1. The minimum absolute atomic E-state index is 0.00293. The van der Waals surface area contributed by atoms with Gasteiger partial charge in [0, 0.05) is 36.3 Å². The molecule has 1 amide bonds. The van der Waals surface area contributed by atoms with Gasteiger partial charge in [0.15, 0.2) is 0 Å². The number of fused-ring (bicyclic) bond motifs is 1. The Hall–Kier alpha value is -1.78. The maximum atomic E-state index is 12.6. The number of aromatic nitrogens is 1. The van der Waals surface area contributed by atoms with Crippen LogP contribution in [0.15, 0.2) is 24.4 Å². The molecule has 2 atom stereocenters. The Morgan fingerprint density at radius 2 is 2.07 bits per heavy atom. The van der Waals surface area contributed by atoms with Crippen LogP contribution in [0.5, 0.6) is 0 Å². The molecule has 0 aromatic carbocycles. The van der Waals surface area contributed by atoms with Gasteiger partial charge in [0.25, 0.3) is 12.6 Å². The van der Waals surface area contributed by atoms with Gasteiger partial charge in [-0.05, 0) is 49.3 Å². The second-order valence-corrected chi connectivity index (χ2v) is 9.28. The highest BCUT2D eigenvalue weighted by atomic mass is 32.2. The average Bonchev–Trinajstić information content (AvgIpc) is 3.21. The molecule has 1 aliphatic carbocycles. The fraction of sp³-hybridized carbons (Fsp3) is 0.609. The Kier molecular flexibility index (Phi) is 11.0. The van der Waals surface area contributed by atoms with Crippen molar-refractivity contribution in [2.45, 2.75) is 75.8 Å². The molecule has 2 heterocycles. The molecule has 5 nitrogen and oxygen atoms in total. The normalized spacial score (nSPS) is 19.5. The van der Waals surface area contributed by atoms with Crippen molar-refractivity contribution in [3.05, 3.63) is 41.2 Å². The van der Waals surface area contributed by atoms with Crippen LogP contribution in [0.2, 0.25) is 0 Å². The number of hydrogen-bond donors (Lipinski definition) is 2. The van der Waals surface area contributed by atoms with Crippen molar-refractivity contribution in [1.82, 2.24) is 10.3 Å². The lowest BCUT2D eigenvalue weighted by Gasteiger charge is -2.23. The number of nitriles is 1. The van der Waals surface area contributed by atoms with E-state index in [4.69, 9.17) is 10.4 Å². The zero-order chi connectivity index (χ0) is 21.8. The van der Waals surface area contributed by atoms with E-state index in [1.54, 1.807) is 6.20 Å². The van der Waals surface area contributed by atoms with Crippen LogP contribution in [0.4, 0.5) is 0 Å². The topological polar surface area (TPSA) is 86.0 Å². The second-order valence-electron chi connectivity index (χ2n) is 7.93. The number of unbranched alkanes of at least 4 members (excludes halogenated alkanes) is 4. The zero-order valence-corrected chi connectivity index (χ0v) is 19.1. The first-order valence-corrected chi connectivity index (χ1v) is 12.2. The Balaban J connectivity index is 0.00000155. The minimum Gasteiger partial charge on any atom is -0.400 e. The van der Waals surface area contributed by atoms with Gasteiger partial charge in [-0.15, -0.1) is 0 Å². The van der Waals surface area contributed by atoms with Crippen molar-refractivity contribution >= 4 is 24.4 Å². The molecule has 2 aliphatic rings. The van der Waals surface area contributed by atoms with Crippen molar-refractivity contribution in [3.63, 3.8) is 0 Å². The summed E-state index contributed by atoms with van der Waals surface area (Å²) in [5.74, 6) is 3.48. The van der Waals surface area contributed by atoms with Crippen LogP contribution in [0.25, 0.3) is 0 Å². The number of nitrogens with zero attached hydrogens (tertiary/aromatic N) is 2. The van der Waals surface area contributed by atoms with E-state index in [-0.39, 0.29) is 18.7 Å². The van der Waals surface area contributed by atoms with Crippen molar-refractivity contribution in [1.29, 1.82) is 5.26 Å². The van der Waals surface area contributed by atoms with Gasteiger partial charge in [-0.25, -0.2) is 5.26 Å². The van der Waals surface area contributed by atoms with Gasteiger partial charge in [0.05, 0.1) is 5.56 Å². The Morgan fingerprint density at radius 1 is 1.27 bits per heavy atom. The number of rotatable bonds is 9. The van der Waals surface area contributed by atoms with Gasteiger partial charge in [-0.3, -0.25) is 9.78 Å². The van der Waals surface area contributed by atoms with Crippen molar-refractivity contribution < 1.29 is 9.90 Å². The van der Waals surface area contributed by atoms with E-state index in [1.807, 2.05) is 6.07 Å². The summed E-state index contributed by atoms with van der Waals surface area (Å²) in [4.78, 5) is 17.0. The monoisotopic (exact) mass is 427 g/mol. The quantitative estimate of drug-likeness (QED) is 0.354. The average molecular weight is 427 g/mol. The highest BCUT2D eigenvalue weighted by molar-refractivity contribution is 8.00. The maximum Gasteiger partial charge on any atom is 0.278 e. The SMILES string of the molecule is CCCCCCCSC1C=CC(NC(=O)c2cnc3c(c2)CB(C#N)C3)CC1.CO. The van der Waals surface area contributed by atoms with Crippen LogP contribution < -0.4 is 5.32 Å². The van der Waals surface area contributed by atoms with Crippen molar-refractivity contribution in [3.8, 4) is 5.97 Å². The second kappa shape index (κ2) is 13.5. The number of carbonyl (C=O) groups excluding carboxylic acids is 1. The number of thioether (sulfide) groups is 1. The molecule has 3 rings (SSSR count). The van der Waals surface area contributed by atoms with Gasteiger partial charge in [0.1, 0.15) is 0 Å². The molecule has 162 valence electrons. The van der Waals surface area contributed by atoms with E-state index in [0.717, 1.165) is 31.2 Å². The summed E-state index contributed by atoms with van der Waals surface area (Å²) in [7, 11) is 1.00. The van der Waals surface area contributed by atoms with E-state index in [9.17, 15) is 4.79 Å². The van der Waals surface area contributed by atoms with Gasteiger partial charge < -0.3 is 10.4 Å². The van der Waals surface area contributed by atoms with Crippen LogP contribution in [-0.2, 0) is 12.6 Å². The Morgan fingerprint density at radius 3 is 2.77 bits per heavy atom. The van der Waals surface area contributed by atoms with Gasteiger partial charge in [-0.1, -0.05) is 44.8 Å². The summed E-state index contributed by atoms with van der Waals surface area (Å²) in [5.41, 5.74) is 2.62. The summed E-state index contributed by atoms with van der Waals surface area (Å²) >= 11 is 2.05. The fourth-order valence-electron chi connectivity index (χ4n) is 3.93. The molecule has 0 saturated carbocycles. The third-order valence-electron chi connectivity index (χ3n) is 5.63. The predicted molar refractivity (Wildman–Crippen MR) is 126 cm³/mol. The molecule has 1 aromatic rings. The van der Waals surface area contributed by atoms with Crippen LogP contribution in [0.3, 0.4) is 0 Å². The van der Waals surface area contributed by atoms with Crippen LogP contribution in [-0.4, -0.2) is 46.9 Å². The lowest BCUT2D eigenvalue weighted by atomic mass is 9.49. The van der Waals surface area contributed by atoms with Crippen molar-refractivity contribution in [2.24, 2.45) is 0 Å². The van der Waals surface area contributed by atoms with Gasteiger partial charge >= 0.3 is 0 Å². The maximum absolute atomic E-state index is 12.6. The fourth-order valence-corrected chi connectivity index (χ4v) is 5.11. The van der Waals surface area contributed by atoms with Crippen LogP contribution in [0.1, 0.15) is 73.5 Å². The zero-order valence-electron chi connectivity index (χ0n) is 18.3. The molecular weight excluding hydrogens is 393 g/mol. The smallest absolute Gasteiger partial charge is 0.278 e. The predicted octanol–water partition coefficient (Wildman–Crippen LogP) is 3.95. The minimum atomic E-state index is -0.0626. The number of hydrogen-bond acceptors (Lipinski definition) is 5. The highest BCUT2D eigenvalue weighted by Gasteiger charge is 2.27. The molecule has 0 fully saturated rings. The third kappa shape index (κ3) is 7.48. The molecule has 0 radical (unpaired) electrons. The summed E-state index contributed by atoms with van der Waals surface area (Å²) < 4.78 is 0. The number of pyridine rings is 1. The lowest BCUT2D eigenvalue weighted by molar-refractivity contribution is 0.0941. The summed E-state index contributed by atoms with van der Waals surface area (Å²) in [6, 6.07) is 2.02. The van der Waals surface area contributed by atoms with E-state index >= 15 is 0 Å². The third-order valence-corrected chi connectivity index (χ3v) is 6.97. The first-order valence-electron chi connectivity index (χ1n) is 11.1. The molecule has 0 saturated heterocycles. The molecular formula is C23H34BN3O2S. The van der Waals surface area contributed by atoms with Gasteiger partial charge in [0.2, 0.25) is 0 Å². The largest absolute Gasteiger partial charge is 0.400 e. The van der Waals surface area contributed by atoms with E-state index < -0.39 is 0 Å². The highest BCUT2D eigenvalue weighted by Crippen LogP contribution is 2.25. The Labute approximate surface area is 185 Å². The van der Waals surface area contributed by atoms with Gasteiger partial charge in [-0.2, -0.15) is 11.8 Å². The van der Waals surface area contributed by atoms with Crippen LogP contribution in [0, 0.1) is 11.2 Å². The number of aliphatic hydroxyl groups is 1. The standard InChI is InChI=1S/C22H30BN3OS.CH4O/c1-2-3-4-5-6-11-28-20-9-7-19(8-10-20)26-22(27)18-12-17-13-23(16-24)14-21(17)25-15-18;1-2/h7,9,12,15,19-20H,2-6,8,10-11,13-14H2,1H3,(H,26,27);2H,1H3. The first-order chi connectivity index (χ1) is 14.7. The van der Waals surface area contributed by atoms with Crippen LogP contribution >= 0.6 is 11.8 Å². The molecule has 1 aliphatic heterocycles. The molecule has 1 aromatic heterocycles. The molecule has 0 spiro atoms. The summed E-state index contributed by atoms with van der Waals surface area (Å²) in [6.07, 6.45) is 16.3. The molecule has 2 N–H and O–H groups in total. The lowest BCUT2D eigenvalue weighted by Crippen LogP contribution is -2.35. The molecule has 7 heteroatoms. The molecule has 0 bridgehead atoms. The number of amides is 1. The molecule has 2 unspecified atom stereocenters. The Bertz CT molecular complexity index is 750. The van der Waals surface area contributed by atoms with E-state index in [1.165, 1.54) is 37.9 Å².